The molecule has 7 heteroatoms. The van der Waals surface area contributed by atoms with Gasteiger partial charge in [0.15, 0.2) is 17.3 Å². The van der Waals surface area contributed by atoms with E-state index in [1.165, 1.54) is 12.1 Å². The van der Waals surface area contributed by atoms with Gasteiger partial charge in [0.05, 0.1) is 21.8 Å². The highest BCUT2D eigenvalue weighted by atomic mass is 35.5. The van der Waals surface area contributed by atoms with Crippen molar-refractivity contribution in [3.8, 4) is 16.9 Å². The van der Waals surface area contributed by atoms with Crippen LogP contribution >= 0.6 is 11.6 Å². The van der Waals surface area contributed by atoms with Gasteiger partial charge in [-0.2, -0.15) is 0 Å². The second kappa shape index (κ2) is 9.65. The van der Waals surface area contributed by atoms with Crippen LogP contribution in [0.3, 0.4) is 0 Å². The standard InChI is InChI=1S/C26H29ClFN3O2/c1-4-24(32)20-14-29-23-10-5-15(16-12-21(27)26(33)22(28)13-16)11-19(23)25(20)30-17-6-8-18(9-7-17)31(2)3/h5,10-14,17-18,33H,4,6-9H2,1-3H3,(H,29,30)/t17-,18-. The molecule has 0 radical (unpaired) electrons. The van der Waals surface area contributed by atoms with Crippen molar-refractivity contribution in [1.29, 1.82) is 0 Å². The van der Waals surface area contributed by atoms with Crippen LogP contribution in [0, 0.1) is 5.82 Å². The first kappa shape index (κ1) is 23.5. The van der Waals surface area contributed by atoms with Crippen LogP contribution in [-0.2, 0) is 0 Å². The predicted octanol–water partition coefficient (Wildman–Crippen LogP) is 6.28. The molecule has 0 unspecified atom stereocenters. The van der Waals surface area contributed by atoms with Crippen LogP contribution in [0.25, 0.3) is 22.0 Å². The highest BCUT2D eigenvalue weighted by molar-refractivity contribution is 6.32. The number of nitrogens with zero attached hydrogens (tertiary/aromatic N) is 2. The number of nitrogens with one attached hydrogen (secondary N) is 1. The summed E-state index contributed by atoms with van der Waals surface area (Å²) < 4.78 is 14.1. The summed E-state index contributed by atoms with van der Waals surface area (Å²) >= 11 is 6.00. The summed E-state index contributed by atoms with van der Waals surface area (Å²) in [4.78, 5) is 19.6. The number of anilines is 1. The molecule has 0 bridgehead atoms. The number of ketones is 1. The molecule has 0 aliphatic heterocycles. The Morgan fingerprint density at radius 3 is 2.55 bits per heavy atom. The van der Waals surface area contributed by atoms with E-state index in [-0.39, 0.29) is 16.8 Å². The van der Waals surface area contributed by atoms with Crippen LogP contribution in [0.2, 0.25) is 5.02 Å². The lowest BCUT2D eigenvalue weighted by Gasteiger charge is -2.34. The van der Waals surface area contributed by atoms with E-state index in [0.717, 1.165) is 47.8 Å². The molecule has 0 spiro atoms. The first-order valence-corrected chi connectivity index (χ1v) is 11.7. The Kier molecular flexibility index (Phi) is 6.86. The first-order chi connectivity index (χ1) is 15.8. The van der Waals surface area contributed by atoms with Crippen molar-refractivity contribution in [3.63, 3.8) is 0 Å². The summed E-state index contributed by atoms with van der Waals surface area (Å²) in [5.41, 5.74) is 3.38. The lowest BCUT2D eigenvalue weighted by molar-refractivity contribution is 0.0988. The molecule has 1 fully saturated rings. The quantitative estimate of drug-likeness (QED) is 0.416. The van der Waals surface area contributed by atoms with Crippen LogP contribution in [-0.4, -0.2) is 47.0 Å². The SMILES string of the molecule is CCC(=O)c1cnc2ccc(-c3cc(F)c(O)c(Cl)c3)cc2c1N[C@H]1CC[C@H](N(C)C)CC1. The maximum Gasteiger partial charge on any atom is 0.170 e. The highest BCUT2D eigenvalue weighted by Crippen LogP contribution is 2.36. The first-order valence-electron chi connectivity index (χ1n) is 11.4. The normalized spacial score (nSPS) is 18.6. The largest absolute Gasteiger partial charge is 0.504 e. The Hall–Kier alpha value is -2.70. The fraction of sp³-hybridized carbons (Fsp3) is 0.385. The van der Waals surface area contributed by atoms with Gasteiger partial charge in [0.1, 0.15) is 0 Å². The fourth-order valence-corrected chi connectivity index (χ4v) is 4.81. The van der Waals surface area contributed by atoms with E-state index in [4.69, 9.17) is 11.6 Å². The van der Waals surface area contributed by atoms with Crippen molar-refractivity contribution in [1.82, 2.24) is 9.88 Å². The third-order valence-corrected chi connectivity index (χ3v) is 6.90. The summed E-state index contributed by atoms with van der Waals surface area (Å²) in [7, 11) is 4.24. The third-order valence-electron chi connectivity index (χ3n) is 6.62. The summed E-state index contributed by atoms with van der Waals surface area (Å²) in [6.45, 7) is 1.84. The van der Waals surface area contributed by atoms with E-state index in [0.29, 0.717) is 23.6 Å². The molecule has 1 heterocycles. The number of aromatic hydroxyl groups is 1. The molecular weight excluding hydrogens is 441 g/mol. The maximum absolute atomic E-state index is 14.1. The number of aromatic nitrogens is 1. The molecule has 3 aromatic rings. The Balaban J connectivity index is 1.77. The zero-order valence-corrected chi connectivity index (χ0v) is 19.9. The number of halogens is 2. The molecule has 33 heavy (non-hydrogen) atoms. The van der Waals surface area contributed by atoms with Crippen molar-refractivity contribution < 1.29 is 14.3 Å². The molecule has 0 saturated heterocycles. The van der Waals surface area contributed by atoms with Crippen molar-refractivity contribution in [2.24, 2.45) is 0 Å². The fourth-order valence-electron chi connectivity index (χ4n) is 4.60. The van der Waals surface area contributed by atoms with Crippen LogP contribution < -0.4 is 5.32 Å². The van der Waals surface area contributed by atoms with Crippen molar-refractivity contribution >= 4 is 34.0 Å². The minimum Gasteiger partial charge on any atom is -0.504 e. The molecule has 1 aliphatic rings. The van der Waals surface area contributed by atoms with Gasteiger partial charge in [-0.3, -0.25) is 9.78 Å². The average Bonchev–Trinajstić information content (AvgIpc) is 2.82. The molecule has 0 amide bonds. The van der Waals surface area contributed by atoms with Crippen molar-refractivity contribution in [3.05, 3.63) is 52.9 Å². The smallest absolute Gasteiger partial charge is 0.170 e. The number of rotatable bonds is 6. The van der Waals surface area contributed by atoms with Gasteiger partial charge >= 0.3 is 0 Å². The van der Waals surface area contributed by atoms with E-state index in [2.05, 4.69) is 29.3 Å². The molecule has 4 rings (SSSR count). The third kappa shape index (κ3) is 4.82. The van der Waals surface area contributed by atoms with E-state index in [9.17, 15) is 14.3 Å². The van der Waals surface area contributed by atoms with Crippen molar-refractivity contribution in [2.75, 3.05) is 19.4 Å². The average molecular weight is 470 g/mol. The molecule has 1 aromatic heterocycles. The Morgan fingerprint density at radius 1 is 1.18 bits per heavy atom. The summed E-state index contributed by atoms with van der Waals surface area (Å²) in [6.07, 6.45) is 6.27. The van der Waals surface area contributed by atoms with Crippen LogP contribution in [0.15, 0.2) is 36.5 Å². The number of carbonyl (C=O) groups excluding carboxylic acids is 1. The number of carbonyl (C=O) groups is 1. The van der Waals surface area contributed by atoms with Crippen LogP contribution in [0.4, 0.5) is 10.1 Å². The van der Waals surface area contributed by atoms with Gasteiger partial charge in [-0.15, -0.1) is 0 Å². The van der Waals surface area contributed by atoms with E-state index in [1.807, 2.05) is 25.1 Å². The summed E-state index contributed by atoms with van der Waals surface area (Å²) in [5, 5.41) is 14.1. The molecule has 2 N–H and O–H groups in total. The Labute approximate surface area is 198 Å². The second-order valence-electron chi connectivity index (χ2n) is 8.96. The van der Waals surface area contributed by atoms with E-state index in [1.54, 1.807) is 6.20 Å². The molecular formula is C26H29ClFN3O2. The van der Waals surface area contributed by atoms with Gasteiger partial charge in [0.2, 0.25) is 0 Å². The molecule has 2 aromatic carbocycles. The van der Waals surface area contributed by atoms with Crippen LogP contribution in [0.1, 0.15) is 49.4 Å². The number of fused-ring (bicyclic) bond motifs is 1. The van der Waals surface area contributed by atoms with E-state index < -0.39 is 11.6 Å². The molecule has 5 nitrogen and oxygen atoms in total. The topological polar surface area (TPSA) is 65.5 Å². The van der Waals surface area contributed by atoms with Gasteiger partial charge in [-0.05, 0) is 75.2 Å². The lowest BCUT2D eigenvalue weighted by Crippen LogP contribution is -2.36. The number of Topliss-reactive ketones (excluding diaryl/α,β-unsaturated/α-hetero) is 1. The summed E-state index contributed by atoms with van der Waals surface area (Å²) in [6, 6.07) is 9.24. The zero-order chi connectivity index (χ0) is 23.7. The molecule has 1 saturated carbocycles. The number of phenolic OH excluding ortho intramolecular Hbond substituents is 1. The lowest BCUT2D eigenvalue weighted by atomic mass is 9.90. The highest BCUT2D eigenvalue weighted by Gasteiger charge is 2.24. The zero-order valence-electron chi connectivity index (χ0n) is 19.2. The number of pyridine rings is 1. The Bertz CT molecular complexity index is 1170. The number of benzene rings is 2. The number of hydrogen-bond acceptors (Lipinski definition) is 5. The second-order valence-corrected chi connectivity index (χ2v) is 9.36. The molecule has 0 atom stereocenters. The van der Waals surface area contributed by atoms with E-state index >= 15 is 0 Å². The molecule has 174 valence electrons. The number of phenols is 1. The maximum atomic E-state index is 14.1. The monoisotopic (exact) mass is 469 g/mol. The van der Waals surface area contributed by atoms with Gasteiger partial charge in [0, 0.05) is 30.1 Å². The predicted molar refractivity (Wildman–Crippen MR) is 132 cm³/mol. The van der Waals surface area contributed by atoms with Gasteiger partial charge in [0.25, 0.3) is 0 Å². The minimum atomic E-state index is -0.776. The van der Waals surface area contributed by atoms with Crippen LogP contribution in [0.5, 0.6) is 5.75 Å². The summed E-state index contributed by atoms with van der Waals surface area (Å²) in [5.74, 6) is -1.31. The Morgan fingerprint density at radius 2 is 1.91 bits per heavy atom. The van der Waals surface area contributed by atoms with Gasteiger partial charge in [-0.25, -0.2) is 4.39 Å². The van der Waals surface area contributed by atoms with Gasteiger partial charge < -0.3 is 15.3 Å². The number of hydrogen-bond donors (Lipinski definition) is 2. The van der Waals surface area contributed by atoms with Gasteiger partial charge in [-0.1, -0.05) is 24.6 Å². The molecule has 1 aliphatic carbocycles. The van der Waals surface area contributed by atoms with Crippen molar-refractivity contribution in [2.45, 2.75) is 51.1 Å². The minimum absolute atomic E-state index is 0.0259.